The molecule has 2 nitrogen and oxygen atoms in total. The van der Waals surface area contributed by atoms with Gasteiger partial charge in [-0.3, -0.25) is 9.59 Å². The summed E-state index contributed by atoms with van der Waals surface area (Å²) in [6.07, 6.45) is 9.69. The van der Waals surface area contributed by atoms with Crippen molar-refractivity contribution in [2.24, 2.45) is 10.8 Å². The molecule has 0 radical (unpaired) electrons. The molecule has 1 aromatic carbocycles. The molecule has 0 saturated heterocycles. The Hall–Kier alpha value is -1.44. The molecular formula is C32H54O2. The highest BCUT2D eigenvalue weighted by Crippen LogP contribution is 2.34. The zero-order valence-corrected chi connectivity index (χ0v) is 24.2. The van der Waals surface area contributed by atoms with E-state index in [0.29, 0.717) is 35.2 Å². The summed E-state index contributed by atoms with van der Waals surface area (Å²) in [5.74, 6) is 0.858. The fourth-order valence-electron chi connectivity index (χ4n) is 4.79. The lowest BCUT2D eigenvalue weighted by Gasteiger charge is -2.22. The van der Waals surface area contributed by atoms with Gasteiger partial charge in [-0.05, 0) is 59.5 Å². The van der Waals surface area contributed by atoms with Crippen LogP contribution in [0.1, 0.15) is 177 Å². The molecule has 0 atom stereocenters. The van der Waals surface area contributed by atoms with Gasteiger partial charge >= 0.3 is 0 Å². The van der Waals surface area contributed by atoms with Crippen LogP contribution in [0.2, 0.25) is 0 Å². The topological polar surface area (TPSA) is 34.1 Å². The van der Waals surface area contributed by atoms with Crippen LogP contribution in [0.3, 0.4) is 0 Å². The van der Waals surface area contributed by atoms with Gasteiger partial charge in [-0.2, -0.15) is 0 Å². The average molecular weight is 471 g/mol. The maximum Gasteiger partial charge on any atom is 0.163 e. The molecule has 0 amide bonds. The number of carbonyl (C=O) groups is 2. The number of ketones is 2. The Morgan fingerprint density at radius 2 is 1.12 bits per heavy atom. The molecule has 0 heterocycles. The molecule has 0 N–H and O–H groups in total. The first kappa shape index (κ1) is 30.6. The van der Waals surface area contributed by atoms with E-state index in [1.807, 2.05) is 6.07 Å². The van der Waals surface area contributed by atoms with Crippen molar-refractivity contribution in [3.05, 3.63) is 34.4 Å². The molecule has 0 aliphatic heterocycles. The van der Waals surface area contributed by atoms with Gasteiger partial charge in [0, 0.05) is 24.0 Å². The first-order chi connectivity index (χ1) is 15.6. The predicted molar refractivity (Wildman–Crippen MR) is 148 cm³/mol. The fourth-order valence-corrected chi connectivity index (χ4v) is 4.79. The first-order valence-electron chi connectivity index (χ1n) is 13.9. The SMILES string of the molecule is CC(C)c1ccc(C(=O)CCCCCC(C)(C)C)c(C(=O)CCCCCC(C)(C)C)c1C(C)C. The van der Waals surface area contributed by atoms with Crippen molar-refractivity contribution in [1.29, 1.82) is 0 Å². The van der Waals surface area contributed by atoms with Crippen molar-refractivity contribution in [3.63, 3.8) is 0 Å². The number of hydrogen-bond donors (Lipinski definition) is 0. The highest BCUT2D eigenvalue weighted by molar-refractivity contribution is 6.10. The Morgan fingerprint density at radius 1 is 0.647 bits per heavy atom. The molecule has 0 aliphatic rings. The molecule has 0 bridgehead atoms. The van der Waals surface area contributed by atoms with E-state index in [-0.39, 0.29) is 17.5 Å². The second kappa shape index (κ2) is 13.6. The minimum atomic E-state index is 0.143. The van der Waals surface area contributed by atoms with Crippen LogP contribution >= 0.6 is 0 Å². The lowest BCUT2D eigenvalue weighted by atomic mass is 9.81. The van der Waals surface area contributed by atoms with Gasteiger partial charge in [0.2, 0.25) is 0 Å². The van der Waals surface area contributed by atoms with Gasteiger partial charge in [0.05, 0.1) is 0 Å². The molecule has 194 valence electrons. The van der Waals surface area contributed by atoms with Crippen LogP contribution < -0.4 is 0 Å². The van der Waals surface area contributed by atoms with Gasteiger partial charge in [0.15, 0.2) is 11.6 Å². The molecule has 0 aromatic heterocycles. The molecule has 0 saturated carbocycles. The van der Waals surface area contributed by atoms with E-state index in [2.05, 4.69) is 75.3 Å². The van der Waals surface area contributed by atoms with Crippen molar-refractivity contribution < 1.29 is 9.59 Å². The summed E-state index contributed by atoms with van der Waals surface area (Å²) in [6, 6.07) is 4.05. The minimum Gasteiger partial charge on any atom is -0.294 e. The van der Waals surface area contributed by atoms with Gasteiger partial charge in [-0.1, -0.05) is 107 Å². The van der Waals surface area contributed by atoms with Crippen molar-refractivity contribution >= 4 is 11.6 Å². The molecule has 0 aliphatic carbocycles. The second-order valence-electron chi connectivity index (χ2n) is 13.4. The van der Waals surface area contributed by atoms with Gasteiger partial charge in [0.1, 0.15) is 0 Å². The number of benzene rings is 1. The zero-order valence-electron chi connectivity index (χ0n) is 24.2. The smallest absolute Gasteiger partial charge is 0.163 e. The molecule has 0 unspecified atom stereocenters. The van der Waals surface area contributed by atoms with Crippen LogP contribution in [0, 0.1) is 10.8 Å². The highest BCUT2D eigenvalue weighted by atomic mass is 16.1. The highest BCUT2D eigenvalue weighted by Gasteiger charge is 2.25. The largest absolute Gasteiger partial charge is 0.294 e. The summed E-state index contributed by atoms with van der Waals surface area (Å²) in [4.78, 5) is 26.9. The summed E-state index contributed by atoms with van der Waals surface area (Å²) in [7, 11) is 0. The Kier molecular flexibility index (Phi) is 12.2. The van der Waals surface area contributed by atoms with Crippen LogP contribution in [0.15, 0.2) is 12.1 Å². The first-order valence-corrected chi connectivity index (χ1v) is 13.9. The number of carbonyl (C=O) groups excluding carboxylic acids is 2. The third-order valence-corrected chi connectivity index (χ3v) is 6.72. The lowest BCUT2D eigenvalue weighted by Crippen LogP contribution is -2.16. The van der Waals surface area contributed by atoms with Crippen LogP contribution in [0.25, 0.3) is 0 Å². The van der Waals surface area contributed by atoms with E-state index in [1.54, 1.807) is 0 Å². The Bertz CT molecular complexity index is 784. The van der Waals surface area contributed by atoms with Crippen LogP contribution in [0.5, 0.6) is 0 Å². The molecule has 0 spiro atoms. The molecule has 0 fully saturated rings. The molecule has 2 heteroatoms. The maximum atomic E-state index is 13.6. The van der Waals surface area contributed by atoms with Gasteiger partial charge in [0.25, 0.3) is 0 Å². The van der Waals surface area contributed by atoms with E-state index < -0.39 is 0 Å². The Morgan fingerprint density at radius 3 is 1.53 bits per heavy atom. The van der Waals surface area contributed by atoms with E-state index in [9.17, 15) is 9.59 Å². The molecule has 34 heavy (non-hydrogen) atoms. The monoisotopic (exact) mass is 470 g/mol. The minimum absolute atomic E-state index is 0.143. The molecule has 1 aromatic rings. The summed E-state index contributed by atoms with van der Waals surface area (Å²) in [5, 5.41) is 0. The van der Waals surface area contributed by atoms with Crippen LogP contribution in [-0.2, 0) is 0 Å². The summed E-state index contributed by atoms with van der Waals surface area (Å²) >= 11 is 0. The lowest BCUT2D eigenvalue weighted by molar-refractivity contribution is 0.0944. The molecule has 1 rings (SSSR count). The Balaban J connectivity index is 3.04. The fraction of sp³-hybridized carbons (Fsp3) is 0.750. The van der Waals surface area contributed by atoms with Crippen molar-refractivity contribution in [3.8, 4) is 0 Å². The van der Waals surface area contributed by atoms with E-state index >= 15 is 0 Å². The van der Waals surface area contributed by atoms with E-state index in [1.165, 1.54) is 18.4 Å². The summed E-state index contributed by atoms with van der Waals surface area (Å²) < 4.78 is 0. The molecular weight excluding hydrogens is 416 g/mol. The van der Waals surface area contributed by atoms with Gasteiger partial charge < -0.3 is 0 Å². The average Bonchev–Trinajstić information content (AvgIpc) is 2.69. The standard InChI is InChI=1S/C32H54O2/c1-23(2)25-19-20-26(27(33)17-13-11-15-21-31(5,6)7)30(29(25)24(3)4)28(34)18-14-12-16-22-32(8,9)10/h19-20,23-24H,11-18,21-22H2,1-10H3. The Labute approximate surface area is 211 Å². The quantitative estimate of drug-likeness (QED) is 0.200. The zero-order chi connectivity index (χ0) is 26.1. The third kappa shape index (κ3) is 10.9. The summed E-state index contributed by atoms with van der Waals surface area (Å²) in [6.45, 7) is 22.3. The van der Waals surface area contributed by atoms with Crippen molar-refractivity contribution in [2.45, 2.75) is 145 Å². The van der Waals surface area contributed by atoms with Gasteiger partial charge in [-0.25, -0.2) is 0 Å². The predicted octanol–water partition coefficient (Wildman–Crippen LogP) is 10.3. The van der Waals surface area contributed by atoms with Gasteiger partial charge in [-0.15, -0.1) is 0 Å². The van der Waals surface area contributed by atoms with E-state index in [0.717, 1.165) is 49.7 Å². The number of hydrogen-bond acceptors (Lipinski definition) is 2. The van der Waals surface area contributed by atoms with Crippen LogP contribution in [0.4, 0.5) is 0 Å². The van der Waals surface area contributed by atoms with Crippen molar-refractivity contribution in [2.75, 3.05) is 0 Å². The maximum absolute atomic E-state index is 13.6. The number of rotatable bonds is 14. The third-order valence-electron chi connectivity index (χ3n) is 6.72. The second-order valence-corrected chi connectivity index (χ2v) is 13.4. The van der Waals surface area contributed by atoms with Crippen LogP contribution in [-0.4, -0.2) is 11.6 Å². The summed E-state index contributed by atoms with van der Waals surface area (Å²) in [5.41, 5.74) is 4.41. The normalized spacial score (nSPS) is 12.6. The number of unbranched alkanes of at least 4 members (excludes halogenated alkanes) is 4. The van der Waals surface area contributed by atoms with Crippen molar-refractivity contribution in [1.82, 2.24) is 0 Å². The number of Topliss-reactive ketones (excluding diaryl/α,β-unsaturated/α-hetero) is 2. The van der Waals surface area contributed by atoms with E-state index in [4.69, 9.17) is 0 Å².